The van der Waals surface area contributed by atoms with Gasteiger partial charge in [0.2, 0.25) is 0 Å². The number of para-hydroxylation sites is 1. The highest BCUT2D eigenvalue weighted by atomic mass is 16.5. The number of rotatable bonds is 7. The molecule has 0 saturated heterocycles. The first kappa shape index (κ1) is 16.7. The van der Waals surface area contributed by atoms with Crippen LogP contribution in [0.25, 0.3) is 0 Å². The van der Waals surface area contributed by atoms with E-state index in [9.17, 15) is 9.90 Å². The smallest absolute Gasteiger partial charge is 0.345 e. The molecular formula is C18H20O5. The molecule has 1 atom stereocenters. The van der Waals surface area contributed by atoms with Crippen LogP contribution in [0.1, 0.15) is 11.1 Å². The molecule has 2 aromatic rings. The molecule has 122 valence electrons. The Bertz CT molecular complexity index is 681. The van der Waals surface area contributed by atoms with Gasteiger partial charge >= 0.3 is 5.97 Å². The average molecular weight is 316 g/mol. The highest BCUT2D eigenvalue weighted by Gasteiger charge is 2.23. The molecule has 0 aliphatic heterocycles. The van der Waals surface area contributed by atoms with Gasteiger partial charge in [-0.05, 0) is 36.8 Å². The Balaban J connectivity index is 2.26. The molecule has 0 saturated carbocycles. The number of carboxylic acids is 1. The fourth-order valence-corrected chi connectivity index (χ4v) is 2.26. The Morgan fingerprint density at radius 1 is 1.09 bits per heavy atom. The third-order valence-corrected chi connectivity index (χ3v) is 3.53. The Kier molecular flexibility index (Phi) is 5.46. The molecule has 5 nitrogen and oxygen atoms in total. The first-order valence-electron chi connectivity index (χ1n) is 7.21. The van der Waals surface area contributed by atoms with Crippen molar-refractivity contribution in [3.05, 3.63) is 53.6 Å². The van der Waals surface area contributed by atoms with Crippen molar-refractivity contribution >= 4 is 5.97 Å². The van der Waals surface area contributed by atoms with Crippen LogP contribution in [0.2, 0.25) is 0 Å². The van der Waals surface area contributed by atoms with E-state index in [1.165, 1.54) is 0 Å². The number of carboxylic acid groups (broad SMARTS) is 1. The molecular weight excluding hydrogens is 296 g/mol. The number of benzene rings is 2. The maximum absolute atomic E-state index is 11.6. The topological polar surface area (TPSA) is 65.0 Å². The number of carbonyl (C=O) groups is 1. The van der Waals surface area contributed by atoms with Gasteiger partial charge in [-0.15, -0.1) is 0 Å². The lowest BCUT2D eigenvalue weighted by atomic mass is 10.1. The lowest BCUT2D eigenvalue weighted by Gasteiger charge is -2.18. The summed E-state index contributed by atoms with van der Waals surface area (Å²) in [5.41, 5.74) is 1.60. The molecule has 0 aliphatic carbocycles. The minimum absolute atomic E-state index is 0.171. The lowest BCUT2D eigenvalue weighted by molar-refractivity contribution is -0.145. The fourth-order valence-electron chi connectivity index (χ4n) is 2.26. The molecule has 0 spiro atoms. The fraction of sp³-hybridized carbons (Fsp3) is 0.278. The third-order valence-electron chi connectivity index (χ3n) is 3.53. The standard InChI is InChI=1S/C18H20O5/c1-12-6-4-5-7-15(12)23-17(18(19)20)11-13-10-14(21-2)8-9-16(13)22-3/h4-10,17H,11H2,1-3H3,(H,19,20)/t17-/m1/s1. The van der Waals surface area contributed by atoms with E-state index in [-0.39, 0.29) is 6.42 Å². The molecule has 0 heterocycles. The van der Waals surface area contributed by atoms with Crippen LogP contribution < -0.4 is 14.2 Å². The highest BCUT2D eigenvalue weighted by molar-refractivity contribution is 5.73. The Labute approximate surface area is 135 Å². The van der Waals surface area contributed by atoms with Gasteiger partial charge in [0.25, 0.3) is 0 Å². The lowest BCUT2D eigenvalue weighted by Crippen LogP contribution is -2.29. The molecule has 2 rings (SSSR count). The molecule has 0 aromatic heterocycles. The van der Waals surface area contributed by atoms with Crippen LogP contribution in [-0.2, 0) is 11.2 Å². The summed E-state index contributed by atoms with van der Waals surface area (Å²) in [5.74, 6) is 0.770. The number of ether oxygens (including phenoxy) is 3. The van der Waals surface area contributed by atoms with Gasteiger partial charge in [0.15, 0.2) is 6.10 Å². The van der Waals surface area contributed by atoms with Crippen molar-refractivity contribution in [3.63, 3.8) is 0 Å². The summed E-state index contributed by atoms with van der Waals surface area (Å²) in [6, 6.07) is 12.6. The Morgan fingerprint density at radius 3 is 2.43 bits per heavy atom. The third kappa shape index (κ3) is 4.16. The van der Waals surface area contributed by atoms with E-state index >= 15 is 0 Å². The molecule has 2 aromatic carbocycles. The summed E-state index contributed by atoms with van der Waals surface area (Å²) in [5, 5.41) is 9.48. The summed E-state index contributed by atoms with van der Waals surface area (Å²) < 4.78 is 16.2. The number of hydrogen-bond donors (Lipinski definition) is 1. The monoisotopic (exact) mass is 316 g/mol. The number of methoxy groups -OCH3 is 2. The van der Waals surface area contributed by atoms with E-state index in [2.05, 4.69) is 0 Å². The number of hydrogen-bond acceptors (Lipinski definition) is 4. The van der Waals surface area contributed by atoms with Crippen molar-refractivity contribution in [2.24, 2.45) is 0 Å². The summed E-state index contributed by atoms with van der Waals surface area (Å²) in [7, 11) is 3.10. The van der Waals surface area contributed by atoms with Crippen molar-refractivity contribution in [2.45, 2.75) is 19.4 Å². The van der Waals surface area contributed by atoms with Crippen molar-refractivity contribution in [1.29, 1.82) is 0 Å². The van der Waals surface area contributed by atoms with Crippen molar-refractivity contribution in [2.75, 3.05) is 14.2 Å². The van der Waals surface area contributed by atoms with Gasteiger partial charge in [-0.3, -0.25) is 0 Å². The number of aliphatic carboxylic acids is 1. The highest BCUT2D eigenvalue weighted by Crippen LogP contribution is 2.27. The zero-order chi connectivity index (χ0) is 16.8. The normalized spacial score (nSPS) is 11.6. The minimum Gasteiger partial charge on any atom is -0.497 e. The SMILES string of the molecule is COc1ccc(OC)c(C[C@@H](Oc2ccccc2C)C(=O)O)c1. The molecule has 0 fully saturated rings. The maximum atomic E-state index is 11.6. The predicted octanol–water partition coefficient (Wildman–Crippen LogP) is 3.09. The van der Waals surface area contributed by atoms with Crippen LogP contribution in [0.15, 0.2) is 42.5 Å². The van der Waals surface area contributed by atoms with Crippen LogP contribution in [0.3, 0.4) is 0 Å². The predicted molar refractivity (Wildman–Crippen MR) is 86.5 cm³/mol. The summed E-state index contributed by atoms with van der Waals surface area (Å²) >= 11 is 0. The molecule has 0 aliphatic rings. The summed E-state index contributed by atoms with van der Waals surface area (Å²) in [6.45, 7) is 1.88. The summed E-state index contributed by atoms with van der Waals surface area (Å²) in [6.07, 6.45) is -0.846. The van der Waals surface area contributed by atoms with E-state index in [1.807, 2.05) is 25.1 Å². The first-order chi connectivity index (χ1) is 11.0. The van der Waals surface area contributed by atoms with Crippen LogP contribution in [0, 0.1) is 6.92 Å². The summed E-state index contributed by atoms with van der Waals surface area (Å²) in [4.78, 5) is 11.6. The van der Waals surface area contributed by atoms with E-state index in [1.54, 1.807) is 38.5 Å². The molecule has 0 amide bonds. The average Bonchev–Trinajstić information content (AvgIpc) is 2.55. The largest absolute Gasteiger partial charge is 0.497 e. The molecule has 1 N–H and O–H groups in total. The molecule has 0 bridgehead atoms. The van der Waals surface area contributed by atoms with Crippen molar-refractivity contribution < 1.29 is 24.1 Å². The van der Waals surface area contributed by atoms with E-state index in [0.29, 0.717) is 22.8 Å². The van der Waals surface area contributed by atoms with Crippen LogP contribution >= 0.6 is 0 Å². The zero-order valence-electron chi connectivity index (χ0n) is 13.4. The van der Waals surface area contributed by atoms with Gasteiger partial charge in [0, 0.05) is 12.0 Å². The van der Waals surface area contributed by atoms with E-state index < -0.39 is 12.1 Å². The van der Waals surface area contributed by atoms with Gasteiger partial charge in [-0.2, -0.15) is 0 Å². The quantitative estimate of drug-likeness (QED) is 0.850. The minimum atomic E-state index is -1.03. The molecule has 0 unspecified atom stereocenters. The van der Waals surface area contributed by atoms with E-state index in [4.69, 9.17) is 14.2 Å². The van der Waals surface area contributed by atoms with Gasteiger partial charge in [0.05, 0.1) is 14.2 Å². The van der Waals surface area contributed by atoms with Crippen molar-refractivity contribution in [1.82, 2.24) is 0 Å². The van der Waals surface area contributed by atoms with E-state index in [0.717, 1.165) is 5.56 Å². The second-order valence-corrected chi connectivity index (χ2v) is 5.09. The maximum Gasteiger partial charge on any atom is 0.345 e. The molecule has 5 heteroatoms. The Hall–Kier alpha value is -2.69. The zero-order valence-corrected chi connectivity index (χ0v) is 13.4. The van der Waals surface area contributed by atoms with Gasteiger partial charge in [-0.1, -0.05) is 18.2 Å². The molecule has 23 heavy (non-hydrogen) atoms. The second-order valence-electron chi connectivity index (χ2n) is 5.09. The van der Waals surface area contributed by atoms with Crippen molar-refractivity contribution in [3.8, 4) is 17.2 Å². The van der Waals surface area contributed by atoms with Crippen LogP contribution in [0.5, 0.6) is 17.2 Å². The van der Waals surface area contributed by atoms with Crippen LogP contribution in [-0.4, -0.2) is 31.4 Å². The molecule has 0 radical (unpaired) electrons. The second kappa shape index (κ2) is 7.54. The van der Waals surface area contributed by atoms with Gasteiger partial charge < -0.3 is 19.3 Å². The first-order valence-corrected chi connectivity index (χ1v) is 7.21. The van der Waals surface area contributed by atoms with Gasteiger partial charge in [0.1, 0.15) is 17.2 Å². The number of aryl methyl sites for hydroxylation is 1. The van der Waals surface area contributed by atoms with Gasteiger partial charge in [-0.25, -0.2) is 4.79 Å². The Morgan fingerprint density at radius 2 is 1.83 bits per heavy atom. The van der Waals surface area contributed by atoms with Crippen LogP contribution in [0.4, 0.5) is 0 Å².